The van der Waals surface area contributed by atoms with Crippen molar-refractivity contribution in [1.82, 2.24) is 9.55 Å². The van der Waals surface area contributed by atoms with Crippen molar-refractivity contribution in [3.8, 4) is 11.3 Å². The highest BCUT2D eigenvalue weighted by Gasteiger charge is 2.08. The Hall–Kier alpha value is -2.82. The zero-order valence-electron chi connectivity index (χ0n) is 11.9. The van der Waals surface area contributed by atoms with Gasteiger partial charge < -0.3 is 10.6 Å². The SMILES string of the molecule is CN(C)c1ccc(-c2ccc3ccn(C(N)=O)c3n2)cc1. The molecule has 3 aromatic rings. The van der Waals surface area contributed by atoms with Crippen LogP contribution in [0.25, 0.3) is 22.3 Å². The molecule has 5 nitrogen and oxygen atoms in total. The minimum atomic E-state index is -0.530. The van der Waals surface area contributed by atoms with Crippen LogP contribution in [-0.2, 0) is 0 Å². The molecule has 2 heterocycles. The molecule has 106 valence electrons. The lowest BCUT2D eigenvalue weighted by molar-refractivity contribution is 0.251. The smallest absolute Gasteiger partial charge is 0.324 e. The molecule has 5 heteroatoms. The number of benzene rings is 1. The van der Waals surface area contributed by atoms with Gasteiger partial charge in [0, 0.05) is 36.9 Å². The van der Waals surface area contributed by atoms with E-state index in [2.05, 4.69) is 4.98 Å². The molecule has 0 fully saturated rings. The summed E-state index contributed by atoms with van der Waals surface area (Å²) in [6.07, 6.45) is 1.64. The zero-order valence-corrected chi connectivity index (χ0v) is 11.9. The van der Waals surface area contributed by atoms with Crippen molar-refractivity contribution >= 4 is 22.8 Å². The molecule has 0 atom stereocenters. The molecule has 0 aliphatic rings. The van der Waals surface area contributed by atoms with E-state index in [0.29, 0.717) is 5.65 Å². The van der Waals surface area contributed by atoms with Crippen LogP contribution in [0, 0.1) is 0 Å². The van der Waals surface area contributed by atoms with E-state index >= 15 is 0 Å². The average Bonchev–Trinajstić information content (AvgIpc) is 2.90. The second kappa shape index (κ2) is 4.94. The molecular weight excluding hydrogens is 264 g/mol. The van der Waals surface area contributed by atoms with E-state index in [9.17, 15) is 4.79 Å². The van der Waals surface area contributed by atoms with Gasteiger partial charge >= 0.3 is 6.03 Å². The van der Waals surface area contributed by atoms with Gasteiger partial charge in [-0.3, -0.25) is 4.57 Å². The van der Waals surface area contributed by atoms with Crippen molar-refractivity contribution in [2.75, 3.05) is 19.0 Å². The van der Waals surface area contributed by atoms with Crippen LogP contribution in [0.15, 0.2) is 48.7 Å². The van der Waals surface area contributed by atoms with Gasteiger partial charge in [-0.15, -0.1) is 0 Å². The molecule has 0 spiro atoms. The Morgan fingerprint density at radius 1 is 1.10 bits per heavy atom. The maximum absolute atomic E-state index is 11.4. The number of carbonyl (C=O) groups is 1. The predicted octanol–water partition coefficient (Wildman–Crippen LogP) is 2.70. The number of nitrogens with zero attached hydrogens (tertiary/aromatic N) is 3. The van der Waals surface area contributed by atoms with E-state index in [1.807, 2.05) is 61.5 Å². The summed E-state index contributed by atoms with van der Waals surface area (Å²) < 4.78 is 1.35. The summed E-state index contributed by atoms with van der Waals surface area (Å²) in [6, 6.07) is 13.3. The lowest BCUT2D eigenvalue weighted by Gasteiger charge is -2.12. The van der Waals surface area contributed by atoms with Gasteiger partial charge in [0.1, 0.15) is 5.65 Å². The Morgan fingerprint density at radius 3 is 2.43 bits per heavy atom. The first-order valence-corrected chi connectivity index (χ1v) is 6.62. The summed E-state index contributed by atoms with van der Waals surface area (Å²) in [6.45, 7) is 0. The lowest BCUT2D eigenvalue weighted by Crippen LogP contribution is -2.18. The summed E-state index contributed by atoms with van der Waals surface area (Å²) in [7, 11) is 4.00. The van der Waals surface area contributed by atoms with Crippen LogP contribution in [0.2, 0.25) is 0 Å². The first-order valence-electron chi connectivity index (χ1n) is 6.62. The normalized spacial score (nSPS) is 10.8. The van der Waals surface area contributed by atoms with Crippen LogP contribution in [-0.4, -0.2) is 29.7 Å². The van der Waals surface area contributed by atoms with Gasteiger partial charge in [-0.1, -0.05) is 12.1 Å². The third-order valence-electron chi connectivity index (χ3n) is 3.45. The fourth-order valence-electron chi connectivity index (χ4n) is 2.28. The first kappa shape index (κ1) is 13.2. The van der Waals surface area contributed by atoms with Crippen LogP contribution in [0.3, 0.4) is 0 Å². The second-order valence-electron chi connectivity index (χ2n) is 5.07. The minimum absolute atomic E-state index is 0.530. The summed E-state index contributed by atoms with van der Waals surface area (Å²) in [5.74, 6) is 0. The van der Waals surface area contributed by atoms with Crippen molar-refractivity contribution in [2.24, 2.45) is 5.73 Å². The highest BCUT2D eigenvalue weighted by molar-refractivity contribution is 5.89. The number of pyridine rings is 1. The predicted molar refractivity (Wildman–Crippen MR) is 84.5 cm³/mol. The van der Waals surface area contributed by atoms with Crippen molar-refractivity contribution < 1.29 is 4.79 Å². The Balaban J connectivity index is 2.07. The molecule has 21 heavy (non-hydrogen) atoms. The number of rotatable bonds is 2. The van der Waals surface area contributed by atoms with Gasteiger partial charge in [0.25, 0.3) is 0 Å². The number of primary amides is 1. The lowest BCUT2D eigenvalue weighted by atomic mass is 10.1. The number of aromatic nitrogens is 2. The summed E-state index contributed by atoms with van der Waals surface area (Å²) in [4.78, 5) is 18.0. The van der Waals surface area contributed by atoms with E-state index in [0.717, 1.165) is 22.3 Å². The second-order valence-corrected chi connectivity index (χ2v) is 5.07. The standard InChI is InChI=1S/C16H16N4O/c1-19(2)13-6-3-11(4-7-13)14-8-5-12-9-10-20(16(17)21)15(12)18-14/h3-10H,1-2H3,(H2,17,21). The van der Waals surface area contributed by atoms with Crippen molar-refractivity contribution in [2.45, 2.75) is 0 Å². The van der Waals surface area contributed by atoms with Gasteiger partial charge in [0.05, 0.1) is 5.69 Å². The van der Waals surface area contributed by atoms with Crippen molar-refractivity contribution in [1.29, 1.82) is 0 Å². The highest BCUT2D eigenvalue weighted by Crippen LogP contribution is 2.23. The number of fused-ring (bicyclic) bond motifs is 1. The number of anilines is 1. The van der Waals surface area contributed by atoms with Gasteiger partial charge in [0.15, 0.2) is 0 Å². The molecule has 0 unspecified atom stereocenters. The first-order chi connectivity index (χ1) is 10.1. The molecule has 0 radical (unpaired) electrons. The summed E-state index contributed by atoms with van der Waals surface area (Å²) in [5, 5.41) is 0.891. The van der Waals surface area contributed by atoms with Gasteiger partial charge in [-0.2, -0.15) is 0 Å². The van der Waals surface area contributed by atoms with E-state index in [-0.39, 0.29) is 0 Å². The fourth-order valence-corrected chi connectivity index (χ4v) is 2.28. The van der Waals surface area contributed by atoms with E-state index < -0.39 is 6.03 Å². The van der Waals surface area contributed by atoms with Crippen LogP contribution < -0.4 is 10.6 Å². The molecule has 1 amide bonds. The number of hydrogen-bond acceptors (Lipinski definition) is 3. The van der Waals surface area contributed by atoms with E-state index in [4.69, 9.17) is 5.73 Å². The molecule has 2 aromatic heterocycles. The molecule has 0 aliphatic carbocycles. The number of carbonyl (C=O) groups excluding carboxylic acids is 1. The Labute approximate surface area is 122 Å². The molecule has 3 rings (SSSR count). The molecule has 2 N–H and O–H groups in total. The number of hydrogen-bond donors (Lipinski definition) is 1. The zero-order chi connectivity index (χ0) is 15.0. The summed E-state index contributed by atoms with van der Waals surface area (Å²) >= 11 is 0. The fraction of sp³-hybridized carbons (Fsp3) is 0.125. The van der Waals surface area contributed by atoms with Gasteiger partial charge in [-0.25, -0.2) is 9.78 Å². The van der Waals surface area contributed by atoms with Crippen molar-refractivity contribution in [3.05, 3.63) is 48.7 Å². The molecular formula is C16H16N4O. The van der Waals surface area contributed by atoms with Crippen LogP contribution in [0.4, 0.5) is 10.5 Å². The minimum Gasteiger partial charge on any atom is -0.378 e. The van der Waals surface area contributed by atoms with Gasteiger partial charge in [0.2, 0.25) is 0 Å². The third-order valence-corrected chi connectivity index (χ3v) is 3.45. The number of amides is 1. The van der Waals surface area contributed by atoms with Crippen molar-refractivity contribution in [3.63, 3.8) is 0 Å². The quantitative estimate of drug-likeness (QED) is 0.785. The van der Waals surface area contributed by atoms with Crippen LogP contribution >= 0.6 is 0 Å². The number of nitrogens with two attached hydrogens (primary N) is 1. The largest absolute Gasteiger partial charge is 0.378 e. The molecule has 0 aliphatic heterocycles. The van der Waals surface area contributed by atoms with E-state index in [1.54, 1.807) is 6.20 Å². The Kier molecular flexibility index (Phi) is 3.10. The van der Waals surface area contributed by atoms with Crippen LogP contribution in [0.5, 0.6) is 0 Å². The highest BCUT2D eigenvalue weighted by atomic mass is 16.2. The van der Waals surface area contributed by atoms with Gasteiger partial charge in [-0.05, 0) is 30.3 Å². The maximum Gasteiger partial charge on any atom is 0.324 e. The average molecular weight is 280 g/mol. The maximum atomic E-state index is 11.4. The molecule has 0 saturated carbocycles. The molecule has 0 bridgehead atoms. The molecule has 0 saturated heterocycles. The monoisotopic (exact) mass is 280 g/mol. The third kappa shape index (κ3) is 2.33. The molecule has 1 aromatic carbocycles. The Morgan fingerprint density at radius 2 is 1.81 bits per heavy atom. The van der Waals surface area contributed by atoms with Crippen LogP contribution in [0.1, 0.15) is 0 Å². The Bertz CT molecular complexity index is 803. The van der Waals surface area contributed by atoms with E-state index in [1.165, 1.54) is 4.57 Å². The topological polar surface area (TPSA) is 64.2 Å². The summed E-state index contributed by atoms with van der Waals surface area (Å²) in [5.41, 5.74) is 8.86.